The van der Waals surface area contributed by atoms with Crippen molar-refractivity contribution in [1.82, 2.24) is 0 Å². The summed E-state index contributed by atoms with van der Waals surface area (Å²) in [7, 11) is 0. The number of benzene rings is 2. The molecule has 0 amide bonds. The zero-order valence-electron chi connectivity index (χ0n) is 10.9. The van der Waals surface area contributed by atoms with Crippen LogP contribution in [-0.2, 0) is 0 Å². The second kappa shape index (κ2) is 6.32. The molecule has 0 radical (unpaired) electrons. The van der Waals surface area contributed by atoms with Crippen molar-refractivity contribution >= 4 is 50.1 Å². The highest BCUT2D eigenvalue weighted by atomic mass is 127. The zero-order valence-corrected chi connectivity index (χ0v) is 15.4. The third-order valence-electron chi connectivity index (χ3n) is 3.29. The molecule has 0 aliphatic carbocycles. The standard InChI is InChI=1S/C15H12BrClINO2/c16-11-7-14-13(20-3-4-21-14)6-9(11)15(19)10-5-8(17)1-2-12(10)18/h1-2,5-7,15H,3-4,19H2. The van der Waals surface area contributed by atoms with Gasteiger partial charge >= 0.3 is 0 Å². The predicted molar refractivity (Wildman–Crippen MR) is 95.3 cm³/mol. The van der Waals surface area contributed by atoms with Gasteiger partial charge in [0.1, 0.15) is 13.2 Å². The Balaban J connectivity index is 2.05. The van der Waals surface area contributed by atoms with E-state index < -0.39 is 0 Å². The van der Waals surface area contributed by atoms with Crippen LogP contribution < -0.4 is 15.2 Å². The van der Waals surface area contributed by atoms with Gasteiger partial charge in [-0.25, -0.2) is 0 Å². The Hall–Kier alpha value is -0.500. The largest absolute Gasteiger partial charge is 0.486 e. The SMILES string of the molecule is NC(c1cc2c(cc1Br)OCCO2)c1cc(Cl)ccc1I. The van der Waals surface area contributed by atoms with E-state index in [0.717, 1.165) is 30.7 Å². The van der Waals surface area contributed by atoms with E-state index in [-0.39, 0.29) is 6.04 Å². The molecule has 1 aliphatic heterocycles. The Kier molecular flexibility index (Phi) is 4.63. The summed E-state index contributed by atoms with van der Waals surface area (Å²) in [5.41, 5.74) is 8.36. The average Bonchev–Trinajstić information content (AvgIpc) is 2.48. The summed E-state index contributed by atoms with van der Waals surface area (Å²) in [4.78, 5) is 0. The minimum absolute atomic E-state index is 0.291. The number of nitrogens with two attached hydrogens (primary N) is 1. The van der Waals surface area contributed by atoms with Gasteiger partial charge in [0, 0.05) is 13.1 Å². The molecule has 1 heterocycles. The minimum Gasteiger partial charge on any atom is -0.486 e. The molecule has 1 aliphatic rings. The predicted octanol–water partition coefficient (Wildman–Crippen LogP) is 4.53. The Morgan fingerprint density at radius 2 is 1.76 bits per heavy atom. The van der Waals surface area contributed by atoms with Crippen LogP contribution in [0.2, 0.25) is 5.02 Å². The van der Waals surface area contributed by atoms with Gasteiger partial charge in [0.05, 0.1) is 6.04 Å². The molecule has 110 valence electrons. The molecule has 0 fully saturated rings. The first-order valence-electron chi connectivity index (χ1n) is 6.36. The first-order chi connectivity index (χ1) is 10.1. The molecular formula is C15H12BrClINO2. The number of hydrogen-bond donors (Lipinski definition) is 1. The summed E-state index contributed by atoms with van der Waals surface area (Å²) >= 11 is 11.9. The molecule has 0 spiro atoms. The van der Waals surface area contributed by atoms with Gasteiger partial charge in [0.25, 0.3) is 0 Å². The third-order valence-corrected chi connectivity index (χ3v) is 5.19. The van der Waals surface area contributed by atoms with Crippen molar-refractivity contribution in [3.8, 4) is 11.5 Å². The maximum Gasteiger partial charge on any atom is 0.162 e. The van der Waals surface area contributed by atoms with Crippen LogP contribution in [0.25, 0.3) is 0 Å². The highest BCUT2D eigenvalue weighted by Crippen LogP contribution is 2.39. The fraction of sp³-hybridized carbons (Fsp3) is 0.200. The molecule has 6 heteroatoms. The quantitative estimate of drug-likeness (QED) is 0.643. The molecule has 3 rings (SSSR count). The van der Waals surface area contributed by atoms with Gasteiger partial charge in [0.2, 0.25) is 0 Å². The molecule has 1 atom stereocenters. The lowest BCUT2D eigenvalue weighted by molar-refractivity contribution is 0.171. The van der Waals surface area contributed by atoms with Crippen molar-refractivity contribution in [2.45, 2.75) is 6.04 Å². The Labute approximate surface area is 150 Å². The van der Waals surface area contributed by atoms with E-state index in [0.29, 0.717) is 18.2 Å². The fourth-order valence-corrected chi connectivity index (χ4v) is 3.66. The number of hydrogen-bond acceptors (Lipinski definition) is 3. The van der Waals surface area contributed by atoms with Gasteiger partial charge in [-0.3, -0.25) is 0 Å². The highest BCUT2D eigenvalue weighted by Gasteiger charge is 2.20. The summed E-state index contributed by atoms with van der Waals surface area (Å²) in [6.45, 7) is 1.12. The van der Waals surface area contributed by atoms with Crippen LogP contribution in [0, 0.1) is 3.57 Å². The average molecular weight is 481 g/mol. The molecule has 21 heavy (non-hydrogen) atoms. The minimum atomic E-state index is -0.291. The topological polar surface area (TPSA) is 44.5 Å². The van der Waals surface area contributed by atoms with Gasteiger partial charge in [-0.2, -0.15) is 0 Å². The second-order valence-corrected chi connectivity index (χ2v) is 7.11. The van der Waals surface area contributed by atoms with E-state index in [4.69, 9.17) is 26.8 Å². The zero-order chi connectivity index (χ0) is 15.0. The van der Waals surface area contributed by atoms with Crippen molar-refractivity contribution < 1.29 is 9.47 Å². The van der Waals surface area contributed by atoms with E-state index >= 15 is 0 Å². The lowest BCUT2D eigenvalue weighted by Gasteiger charge is -2.22. The van der Waals surface area contributed by atoms with Gasteiger partial charge in [-0.15, -0.1) is 0 Å². The van der Waals surface area contributed by atoms with Crippen LogP contribution in [0.4, 0.5) is 0 Å². The smallest absolute Gasteiger partial charge is 0.162 e. The van der Waals surface area contributed by atoms with Crippen molar-refractivity contribution in [3.05, 3.63) is 54.5 Å². The van der Waals surface area contributed by atoms with Crippen LogP contribution in [-0.4, -0.2) is 13.2 Å². The highest BCUT2D eigenvalue weighted by molar-refractivity contribution is 14.1. The summed E-state index contributed by atoms with van der Waals surface area (Å²) in [6.07, 6.45) is 0. The van der Waals surface area contributed by atoms with E-state index in [1.54, 1.807) is 0 Å². The van der Waals surface area contributed by atoms with E-state index in [9.17, 15) is 0 Å². The van der Waals surface area contributed by atoms with Gasteiger partial charge in [-0.05, 0) is 64.0 Å². The molecule has 2 aromatic carbocycles. The summed E-state index contributed by atoms with van der Waals surface area (Å²) < 4.78 is 13.2. The van der Waals surface area contributed by atoms with Crippen LogP contribution in [0.1, 0.15) is 17.2 Å². The Morgan fingerprint density at radius 1 is 1.10 bits per heavy atom. The van der Waals surface area contributed by atoms with E-state index in [1.807, 2.05) is 30.3 Å². The maximum absolute atomic E-state index is 6.43. The summed E-state index contributed by atoms with van der Waals surface area (Å²) in [6, 6.07) is 9.27. The van der Waals surface area contributed by atoms with Crippen molar-refractivity contribution in [2.24, 2.45) is 5.73 Å². The van der Waals surface area contributed by atoms with Crippen LogP contribution in [0.5, 0.6) is 11.5 Å². The molecule has 2 N–H and O–H groups in total. The number of ether oxygens (including phenoxy) is 2. The van der Waals surface area contributed by atoms with Crippen molar-refractivity contribution in [3.63, 3.8) is 0 Å². The molecule has 0 aromatic heterocycles. The lowest BCUT2D eigenvalue weighted by Crippen LogP contribution is -2.18. The summed E-state index contributed by atoms with van der Waals surface area (Å²) in [5, 5.41) is 0.675. The van der Waals surface area contributed by atoms with Crippen molar-refractivity contribution in [1.29, 1.82) is 0 Å². The molecule has 0 saturated carbocycles. The molecule has 2 aromatic rings. The monoisotopic (exact) mass is 479 g/mol. The molecular weight excluding hydrogens is 468 g/mol. The van der Waals surface area contributed by atoms with Gasteiger partial charge < -0.3 is 15.2 Å². The van der Waals surface area contributed by atoms with Crippen LogP contribution >= 0.6 is 50.1 Å². The number of halogens is 3. The number of rotatable bonds is 2. The van der Waals surface area contributed by atoms with Crippen LogP contribution in [0.15, 0.2) is 34.8 Å². The first-order valence-corrected chi connectivity index (χ1v) is 8.61. The van der Waals surface area contributed by atoms with E-state index in [1.165, 1.54) is 0 Å². The Bertz CT molecular complexity index is 696. The van der Waals surface area contributed by atoms with Gasteiger partial charge in [0.15, 0.2) is 11.5 Å². The Morgan fingerprint density at radius 3 is 2.48 bits per heavy atom. The molecule has 1 unspecified atom stereocenters. The third kappa shape index (κ3) is 3.16. The molecule has 0 saturated heterocycles. The number of fused-ring (bicyclic) bond motifs is 1. The fourth-order valence-electron chi connectivity index (χ4n) is 2.24. The second-order valence-electron chi connectivity index (χ2n) is 4.66. The van der Waals surface area contributed by atoms with Crippen LogP contribution in [0.3, 0.4) is 0 Å². The first kappa shape index (κ1) is 15.4. The maximum atomic E-state index is 6.43. The van der Waals surface area contributed by atoms with Crippen molar-refractivity contribution in [2.75, 3.05) is 13.2 Å². The van der Waals surface area contributed by atoms with Gasteiger partial charge in [-0.1, -0.05) is 27.5 Å². The lowest BCUT2D eigenvalue weighted by atomic mass is 9.99. The molecule has 3 nitrogen and oxygen atoms in total. The van der Waals surface area contributed by atoms with E-state index in [2.05, 4.69) is 38.5 Å². The normalized spacial score (nSPS) is 14.9. The summed E-state index contributed by atoms with van der Waals surface area (Å²) in [5.74, 6) is 1.47. The molecule has 0 bridgehead atoms.